The summed E-state index contributed by atoms with van der Waals surface area (Å²) >= 11 is 0. The summed E-state index contributed by atoms with van der Waals surface area (Å²) in [5, 5.41) is 0. The van der Waals surface area contributed by atoms with Crippen LogP contribution in [-0.2, 0) is 0 Å². The maximum Gasteiger partial charge on any atom is 0.198 e. The van der Waals surface area contributed by atoms with Gasteiger partial charge < -0.3 is 10.2 Å². The van der Waals surface area contributed by atoms with Crippen molar-refractivity contribution in [2.24, 2.45) is 5.92 Å². The minimum absolute atomic E-state index is 0.443. The fourth-order valence-electron chi connectivity index (χ4n) is 1.95. The number of hydrogen-bond acceptors (Lipinski definition) is 3. The predicted octanol–water partition coefficient (Wildman–Crippen LogP) is 2.92. The van der Waals surface area contributed by atoms with Gasteiger partial charge in [-0.05, 0) is 37.0 Å². The number of oxazole rings is 1. The molecule has 3 rings (SSSR count). The van der Waals surface area contributed by atoms with Crippen molar-refractivity contribution >= 4 is 16.8 Å². The van der Waals surface area contributed by atoms with Crippen LogP contribution >= 0.6 is 0 Å². The average Bonchev–Trinajstić information content (AvgIpc) is 2.97. The van der Waals surface area contributed by atoms with Gasteiger partial charge in [0, 0.05) is 11.6 Å². The van der Waals surface area contributed by atoms with E-state index in [-0.39, 0.29) is 0 Å². The van der Waals surface area contributed by atoms with E-state index in [1.54, 1.807) is 0 Å². The molecule has 1 unspecified atom stereocenters. The van der Waals surface area contributed by atoms with E-state index >= 15 is 0 Å². The van der Waals surface area contributed by atoms with Gasteiger partial charge in [0.25, 0.3) is 0 Å². The zero-order valence-corrected chi connectivity index (χ0v) is 8.73. The van der Waals surface area contributed by atoms with E-state index < -0.39 is 0 Å². The second-order valence-corrected chi connectivity index (χ2v) is 4.41. The van der Waals surface area contributed by atoms with Crippen molar-refractivity contribution in [2.75, 3.05) is 5.73 Å². The van der Waals surface area contributed by atoms with E-state index in [9.17, 15) is 0 Å². The largest absolute Gasteiger partial charge is 0.440 e. The maximum absolute atomic E-state index is 5.72. The number of hydrogen-bond donors (Lipinski definition) is 1. The SMILES string of the molecule is CC(c1nc2cc(N)ccc2o1)C1CC1. The molecule has 1 fully saturated rings. The summed E-state index contributed by atoms with van der Waals surface area (Å²) in [4.78, 5) is 4.49. The van der Waals surface area contributed by atoms with Gasteiger partial charge in [0.2, 0.25) is 0 Å². The van der Waals surface area contributed by atoms with Crippen LogP contribution in [0.2, 0.25) is 0 Å². The molecule has 1 saturated carbocycles. The van der Waals surface area contributed by atoms with Crippen LogP contribution in [0.15, 0.2) is 22.6 Å². The van der Waals surface area contributed by atoms with Gasteiger partial charge in [0.05, 0.1) is 0 Å². The Bertz CT molecular complexity index is 499. The minimum atomic E-state index is 0.443. The number of nitrogens with zero attached hydrogens (tertiary/aromatic N) is 1. The first kappa shape index (κ1) is 8.77. The molecule has 1 aromatic carbocycles. The molecule has 1 atom stereocenters. The number of fused-ring (bicyclic) bond motifs is 1. The molecular weight excluding hydrogens is 188 g/mol. The summed E-state index contributed by atoms with van der Waals surface area (Å²) in [5.74, 6) is 2.08. The van der Waals surface area contributed by atoms with Crippen LogP contribution in [0.3, 0.4) is 0 Å². The first-order valence-corrected chi connectivity index (χ1v) is 5.40. The highest BCUT2D eigenvalue weighted by molar-refractivity contribution is 5.76. The molecule has 0 saturated heterocycles. The van der Waals surface area contributed by atoms with Crippen molar-refractivity contribution in [3.05, 3.63) is 24.1 Å². The van der Waals surface area contributed by atoms with Crippen molar-refractivity contribution in [1.29, 1.82) is 0 Å². The Morgan fingerprint density at radius 2 is 2.27 bits per heavy atom. The van der Waals surface area contributed by atoms with E-state index in [1.807, 2.05) is 18.2 Å². The molecule has 1 aromatic heterocycles. The normalized spacial score (nSPS) is 18.2. The highest BCUT2D eigenvalue weighted by Crippen LogP contribution is 2.42. The number of benzene rings is 1. The van der Waals surface area contributed by atoms with Gasteiger partial charge in [-0.3, -0.25) is 0 Å². The van der Waals surface area contributed by atoms with Crippen LogP contribution < -0.4 is 5.73 Å². The Kier molecular flexibility index (Phi) is 1.75. The average molecular weight is 202 g/mol. The van der Waals surface area contributed by atoms with E-state index in [0.717, 1.165) is 28.6 Å². The monoisotopic (exact) mass is 202 g/mol. The summed E-state index contributed by atoms with van der Waals surface area (Å²) < 4.78 is 5.72. The van der Waals surface area contributed by atoms with Crippen molar-refractivity contribution in [3.63, 3.8) is 0 Å². The molecule has 0 amide bonds. The molecule has 2 N–H and O–H groups in total. The molecule has 15 heavy (non-hydrogen) atoms. The number of anilines is 1. The molecule has 3 heteroatoms. The zero-order valence-electron chi connectivity index (χ0n) is 8.73. The minimum Gasteiger partial charge on any atom is -0.440 e. The third-order valence-corrected chi connectivity index (χ3v) is 3.15. The van der Waals surface area contributed by atoms with Crippen molar-refractivity contribution < 1.29 is 4.42 Å². The number of aromatic nitrogens is 1. The molecule has 3 nitrogen and oxygen atoms in total. The topological polar surface area (TPSA) is 52.0 Å². The Hall–Kier alpha value is -1.51. The van der Waals surface area contributed by atoms with Crippen molar-refractivity contribution in [1.82, 2.24) is 4.98 Å². The molecule has 1 aliphatic carbocycles. The molecule has 0 bridgehead atoms. The molecular formula is C12H14N2O. The highest BCUT2D eigenvalue weighted by atomic mass is 16.3. The van der Waals surface area contributed by atoms with Crippen molar-refractivity contribution in [3.8, 4) is 0 Å². The van der Waals surface area contributed by atoms with Gasteiger partial charge in [-0.2, -0.15) is 0 Å². The first-order valence-electron chi connectivity index (χ1n) is 5.40. The van der Waals surface area contributed by atoms with Crippen LogP contribution in [0.4, 0.5) is 5.69 Å². The Balaban J connectivity index is 2.05. The second kappa shape index (κ2) is 2.99. The third-order valence-electron chi connectivity index (χ3n) is 3.15. The highest BCUT2D eigenvalue weighted by Gasteiger charge is 2.32. The fourth-order valence-corrected chi connectivity index (χ4v) is 1.95. The van der Waals surface area contributed by atoms with E-state index in [4.69, 9.17) is 10.2 Å². The number of nitrogens with two attached hydrogens (primary N) is 1. The zero-order chi connectivity index (χ0) is 10.4. The first-order chi connectivity index (χ1) is 7.24. The summed E-state index contributed by atoms with van der Waals surface area (Å²) in [7, 11) is 0. The summed E-state index contributed by atoms with van der Waals surface area (Å²) in [6.45, 7) is 2.19. The molecule has 2 aromatic rings. The van der Waals surface area contributed by atoms with Crippen LogP contribution in [0.5, 0.6) is 0 Å². The van der Waals surface area contributed by atoms with Gasteiger partial charge in [-0.25, -0.2) is 4.98 Å². The van der Waals surface area contributed by atoms with Gasteiger partial charge >= 0.3 is 0 Å². The smallest absolute Gasteiger partial charge is 0.198 e. The molecule has 0 spiro atoms. The number of nitrogen functional groups attached to an aromatic ring is 1. The van der Waals surface area contributed by atoms with Gasteiger partial charge in [-0.15, -0.1) is 0 Å². The maximum atomic E-state index is 5.72. The lowest BCUT2D eigenvalue weighted by Crippen LogP contribution is -1.94. The lowest BCUT2D eigenvalue weighted by atomic mass is 10.1. The molecule has 0 aliphatic heterocycles. The molecule has 78 valence electrons. The van der Waals surface area contributed by atoms with Crippen LogP contribution in [0.1, 0.15) is 31.6 Å². The van der Waals surface area contributed by atoms with Crippen molar-refractivity contribution in [2.45, 2.75) is 25.7 Å². The van der Waals surface area contributed by atoms with Crippen LogP contribution in [0, 0.1) is 5.92 Å². The lowest BCUT2D eigenvalue weighted by molar-refractivity contribution is 0.460. The predicted molar refractivity (Wildman–Crippen MR) is 59.6 cm³/mol. The Labute approximate surface area is 88.3 Å². The van der Waals surface area contributed by atoms with Crippen LogP contribution in [0.25, 0.3) is 11.1 Å². The molecule has 1 aliphatic rings. The molecule has 1 heterocycles. The standard InChI is InChI=1S/C12H14N2O/c1-7(8-2-3-8)12-14-10-6-9(13)4-5-11(10)15-12/h4-8H,2-3,13H2,1H3. The van der Waals surface area contributed by atoms with E-state index in [2.05, 4.69) is 11.9 Å². The Morgan fingerprint density at radius 1 is 1.47 bits per heavy atom. The van der Waals surface area contributed by atoms with E-state index in [0.29, 0.717) is 5.92 Å². The van der Waals surface area contributed by atoms with Gasteiger partial charge in [-0.1, -0.05) is 6.92 Å². The summed E-state index contributed by atoms with van der Waals surface area (Å²) in [5.41, 5.74) is 8.15. The second-order valence-electron chi connectivity index (χ2n) is 4.41. The number of rotatable bonds is 2. The Morgan fingerprint density at radius 3 is 3.00 bits per heavy atom. The lowest BCUT2D eigenvalue weighted by Gasteiger charge is -2.02. The van der Waals surface area contributed by atoms with Gasteiger partial charge in [0.1, 0.15) is 5.52 Å². The van der Waals surface area contributed by atoms with E-state index in [1.165, 1.54) is 12.8 Å². The quantitative estimate of drug-likeness (QED) is 0.762. The molecule has 0 radical (unpaired) electrons. The fraction of sp³-hybridized carbons (Fsp3) is 0.417. The summed E-state index contributed by atoms with van der Waals surface area (Å²) in [6, 6.07) is 5.60. The summed E-state index contributed by atoms with van der Waals surface area (Å²) in [6.07, 6.45) is 2.62. The van der Waals surface area contributed by atoms with Gasteiger partial charge in [0.15, 0.2) is 11.5 Å². The van der Waals surface area contributed by atoms with Crippen LogP contribution in [-0.4, -0.2) is 4.98 Å². The third kappa shape index (κ3) is 1.48.